The van der Waals surface area contributed by atoms with Crippen LogP contribution in [0.3, 0.4) is 0 Å². The minimum atomic E-state index is -0.159. The molecule has 22 heavy (non-hydrogen) atoms. The Morgan fingerprint density at radius 1 is 1.55 bits per heavy atom. The van der Waals surface area contributed by atoms with E-state index in [0.29, 0.717) is 19.7 Å². The van der Waals surface area contributed by atoms with Gasteiger partial charge in [0.1, 0.15) is 5.76 Å². The van der Waals surface area contributed by atoms with Crippen molar-refractivity contribution in [1.29, 1.82) is 0 Å². The van der Waals surface area contributed by atoms with Crippen molar-refractivity contribution in [3.8, 4) is 0 Å². The molecule has 0 aromatic carbocycles. The summed E-state index contributed by atoms with van der Waals surface area (Å²) < 4.78 is 10.3. The Morgan fingerprint density at radius 3 is 3.05 bits per heavy atom. The molecule has 1 fully saturated rings. The Morgan fingerprint density at radius 2 is 2.36 bits per heavy atom. The molecule has 1 aliphatic heterocycles. The van der Waals surface area contributed by atoms with Gasteiger partial charge in [-0.05, 0) is 45.4 Å². The number of rotatable bonds is 6. The smallest absolute Gasteiger partial charge is 0.310 e. The zero-order valence-electron chi connectivity index (χ0n) is 13.2. The molecule has 2 heterocycles. The van der Waals surface area contributed by atoms with Crippen molar-refractivity contribution in [3.63, 3.8) is 0 Å². The van der Waals surface area contributed by atoms with Crippen molar-refractivity contribution in [2.75, 3.05) is 26.2 Å². The minimum Gasteiger partial charge on any atom is -0.467 e. The number of hydrogen-bond acceptors (Lipinski definition) is 5. The summed E-state index contributed by atoms with van der Waals surface area (Å²) in [5, 5.41) is 2.91. The van der Waals surface area contributed by atoms with Gasteiger partial charge in [0.05, 0.1) is 31.4 Å². The van der Waals surface area contributed by atoms with Crippen LogP contribution in [0.15, 0.2) is 22.8 Å². The largest absolute Gasteiger partial charge is 0.467 e. The molecule has 2 unspecified atom stereocenters. The lowest BCUT2D eigenvalue weighted by Crippen LogP contribution is -2.44. The van der Waals surface area contributed by atoms with Crippen LogP contribution in [0.25, 0.3) is 0 Å². The molecule has 2 atom stereocenters. The highest BCUT2D eigenvalue weighted by Gasteiger charge is 2.28. The lowest BCUT2D eigenvalue weighted by molar-refractivity contribution is -0.150. The number of furan rings is 1. The lowest BCUT2D eigenvalue weighted by atomic mass is 9.98. The van der Waals surface area contributed by atoms with Crippen molar-refractivity contribution < 1.29 is 18.7 Å². The first-order valence-corrected chi connectivity index (χ1v) is 7.82. The number of carbonyl (C=O) groups is 2. The van der Waals surface area contributed by atoms with Crippen LogP contribution in [0.5, 0.6) is 0 Å². The first kappa shape index (κ1) is 16.5. The third kappa shape index (κ3) is 4.59. The third-order valence-electron chi connectivity index (χ3n) is 3.84. The van der Waals surface area contributed by atoms with Gasteiger partial charge in [0.15, 0.2) is 0 Å². The lowest BCUT2D eigenvalue weighted by Gasteiger charge is -2.31. The van der Waals surface area contributed by atoms with Gasteiger partial charge >= 0.3 is 5.97 Å². The Bertz CT molecular complexity index is 486. The average molecular weight is 308 g/mol. The van der Waals surface area contributed by atoms with E-state index in [0.717, 1.165) is 25.1 Å². The van der Waals surface area contributed by atoms with Crippen molar-refractivity contribution in [3.05, 3.63) is 24.2 Å². The van der Waals surface area contributed by atoms with E-state index in [2.05, 4.69) is 5.32 Å². The molecule has 2 rings (SSSR count). The van der Waals surface area contributed by atoms with Gasteiger partial charge in [0, 0.05) is 6.54 Å². The van der Waals surface area contributed by atoms with Crippen LogP contribution in [0.1, 0.15) is 38.5 Å². The summed E-state index contributed by atoms with van der Waals surface area (Å²) in [7, 11) is 0. The zero-order valence-corrected chi connectivity index (χ0v) is 13.2. The minimum absolute atomic E-state index is 0.0617. The molecule has 1 aromatic rings. The number of amides is 1. The molecule has 6 nitrogen and oxygen atoms in total. The van der Waals surface area contributed by atoms with Crippen molar-refractivity contribution in [2.45, 2.75) is 32.7 Å². The fourth-order valence-corrected chi connectivity index (χ4v) is 2.75. The fraction of sp³-hybridized carbons (Fsp3) is 0.625. The Kier molecular flexibility index (Phi) is 6.00. The maximum absolute atomic E-state index is 12.1. The van der Waals surface area contributed by atoms with Crippen LogP contribution in [0, 0.1) is 5.92 Å². The number of likely N-dealkylation sites (tertiary alicyclic amines) is 1. The molecule has 0 aliphatic carbocycles. The Hall–Kier alpha value is -1.82. The molecule has 0 spiro atoms. The number of nitrogens with one attached hydrogen (secondary N) is 1. The Balaban J connectivity index is 1.79. The summed E-state index contributed by atoms with van der Waals surface area (Å²) in [6, 6.07) is 3.47. The summed E-state index contributed by atoms with van der Waals surface area (Å²) >= 11 is 0. The predicted octanol–water partition coefficient (Wildman–Crippen LogP) is 1.73. The second kappa shape index (κ2) is 7.98. The van der Waals surface area contributed by atoms with Gasteiger partial charge in [-0.2, -0.15) is 0 Å². The number of piperidine rings is 1. The molecule has 0 saturated carbocycles. The van der Waals surface area contributed by atoms with Gasteiger partial charge in [0.2, 0.25) is 5.91 Å². The first-order chi connectivity index (χ1) is 10.6. The molecule has 1 aromatic heterocycles. The van der Waals surface area contributed by atoms with E-state index in [1.807, 2.05) is 24.8 Å². The molecule has 122 valence electrons. The third-order valence-corrected chi connectivity index (χ3v) is 3.84. The Labute approximate surface area is 130 Å². The molecular weight excluding hydrogens is 284 g/mol. The second-order valence-corrected chi connectivity index (χ2v) is 5.63. The number of nitrogens with zero attached hydrogens (tertiary/aromatic N) is 1. The topological polar surface area (TPSA) is 71.8 Å². The second-order valence-electron chi connectivity index (χ2n) is 5.63. The normalized spacial score (nSPS) is 20.4. The monoisotopic (exact) mass is 308 g/mol. The van der Waals surface area contributed by atoms with E-state index in [1.54, 1.807) is 12.3 Å². The fourth-order valence-electron chi connectivity index (χ4n) is 2.75. The summed E-state index contributed by atoms with van der Waals surface area (Å²) in [6.45, 7) is 5.80. The maximum atomic E-state index is 12.1. The zero-order chi connectivity index (χ0) is 15.9. The molecule has 1 N–H and O–H groups in total. The van der Waals surface area contributed by atoms with E-state index in [4.69, 9.17) is 9.15 Å². The van der Waals surface area contributed by atoms with E-state index in [1.165, 1.54) is 0 Å². The highest BCUT2D eigenvalue weighted by molar-refractivity contribution is 5.78. The molecule has 1 aliphatic rings. The van der Waals surface area contributed by atoms with Gasteiger partial charge in [-0.25, -0.2) is 0 Å². The van der Waals surface area contributed by atoms with Crippen molar-refractivity contribution >= 4 is 11.9 Å². The van der Waals surface area contributed by atoms with Crippen LogP contribution in [0.2, 0.25) is 0 Å². The van der Waals surface area contributed by atoms with Crippen LogP contribution in [0.4, 0.5) is 0 Å². The number of ether oxygens (including phenoxy) is 1. The summed E-state index contributed by atoms with van der Waals surface area (Å²) in [5.41, 5.74) is 0. The van der Waals surface area contributed by atoms with Gasteiger partial charge in [0.25, 0.3) is 0 Å². The summed E-state index contributed by atoms with van der Waals surface area (Å²) in [6.07, 6.45) is 3.33. The van der Waals surface area contributed by atoms with E-state index < -0.39 is 0 Å². The van der Waals surface area contributed by atoms with Gasteiger partial charge < -0.3 is 14.5 Å². The molecular formula is C16H24N2O4. The maximum Gasteiger partial charge on any atom is 0.310 e. The standard InChI is InChI=1S/C16H24N2O4/c1-3-21-16(20)13-6-4-8-18(10-13)11-15(19)17-12(2)14-7-5-9-22-14/h5,7,9,12-13H,3-4,6,8,10-11H2,1-2H3,(H,17,19). The average Bonchev–Trinajstić information content (AvgIpc) is 3.02. The summed E-state index contributed by atoms with van der Waals surface area (Å²) in [4.78, 5) is 25.9. The molecule has 0 radical (unpaired) electrons. The van der Waals surface area contributed by atoms with Crippen LogP contribution in [-0.2, 0) is 14.3 Å². The number of esters is 1. The molecule has 0 bridgehead atoms. The van der Waals surface area contributed by atoms with E-state index in [9.17, 15) is 9.59 Å². The highest BCUT2D eigenvalue weighted by atomic mass is 16.5. The van der Waals surface area contributed by atoms with Crippen molar-refractivity contribution in [2.24, 2.45) is 5.92 Å². The molecule has 1 amide bonds. The molecule has 6 heteroatoms. The van der Waals surface area contributed by atoms with Gasteiger partial charge in [-0.1, -0.05) is 0 Å². The van der Waals surface area contributed by atoms with E-state index in [-0.39, 0.29) is 23.8 Å². The van der Waals surface area contributed by atoms with Gasteiger partial charge in [-0.3, -0.25) is 14.5 Å². The van der Waals surface area contributed by atoms with Crippen LogP contribution in [-0.4, -0.2) is 43.0 Å². The predicted molar refractivity (Wildman–Crippen MR) is 81.1 cm³/mol. The highest BCUT2D eigenvalue weighted by Crippen LogP contribution is 2.18. The number of hydrogen-bond donors (Lipinski definition) is 1. The first-order valence-electron chi connectivity index (χ1n) is 7.82. The summed E-state index contributed by atoms with van der Waals surface area (Å²) in [5.74, 6) is 0.394. The van der Waals surface area contributed by atoms with Crippen LogP contribution >= 0.6 is 0 Å². The van der Waals surface area contributed by atoms with Crippen molar-refractivity contribution in [1.82, 2.24) is 10.2 Å². The van der Waals surface area contributed by atoms with E-state index >= 15 is 0 Å². The van der Waals surface area contributed by atoms with Gasteiger partial charge in [-0.15, -0.1) is 0 Å². The SMILES string of the molecule is CCOC(=O)C1CCCN(CC(=O)NC(C)c2ccco2)C1. The molecule has 1 saturated heterocycles. The quantitative estimate of drug-likeness (QED) is 0.810. The number of carbonyl (C=O) groups excluding carboxylic acids is 2. The van der Waals surface area contributed by atoms with Crippen LogP contribution < -0.4 is 5.32 Å².